The maximum Gasteiger partial charge on any atom is 0.410 e. The highest BCUT2D eigenvalue weighted by atomic mass is 79.9. The van der Waals surface area contributed by atoms with Crippen molar-refractivity contribution in [2.24, 2.45) is 0 Å². The Labute approximate surface area is 205 Å². The third-order valence-corrected chi connectivity index (χ3v) is 8.42. The van der Waals surface area contributed by atoms with Gasteiger partial charge >= 0.3 is 6.09 Å². The van der Waals surface area contributed by atoms with Gasteiger partial charge in [-0.1, -0.05) is 19.6 Å². The van der Waals surface area contributed by atoms with E-state index in [0.717, 1.165) is 46.9 Å². The maximum absolute atomic E-state index is 12.6. The van der Waals surface area contributed by atoms with E-state index in [-0.39, 0.29) is 18.2 Å². The van der Waals surface area contributed by atoms with Gasteiger partial charge in [0.15, 0.2) is 5.65 Å². The average molecular weight is 539 g/mol. The van der Waals surface area contributed by atoms with Crippen LogP contribution < -0.4 is 4.90 Å². The minimum atomic E-state index is -1.13. The lowest BCUT2D eigenvalue weighted by atomic mass is 10.2. The summed E-state index contributed by atoms with van der Waals surface area (Å²) in [5, 5.41) is 0. The summed E-state index contributed by atoms with van der Waals surface area (Å²) in [4.78, 5) is 26.5. The number of carbonyl (C=O) groups is 1. The van der Waals surface area contributed by atoms with Crippen LogP contribution in [0.25, 0.3) is 11.2 Å². The molecule has 0 spiro atoms. The number of hydrogen-bond donors (Lipinski definition) is 0. The molecule has 2 saturated heterocycles. The molecular weight excluding hydrogens is 502 g/mol. The van der Waals surface area contributed by atoms with Crippen molar-refractivity contribution in [3.8, 4) is 0 Å². The number of fused-ring (bicyclic) bond motifs is 3. The summed E-state index contributed by atoms with van der Waals surface area (Å²) < 4.78 is 14.5. The van der Waals surface area contributed by atoms with E-state index in [1.54, 1.807) is 0 Å². The molecule has 0 N–H and O–H groups in total. The molecule has 0 aliphatic carbocycles. The van der Waals surface area contributed by atoms with E-state index in [1.807, 2.05) is 42.6 Å². The first-order chi connectivity index (χ1) is 15.4. The Balaban J connectivity index is 1.49. The van der Waals surface area contributed by atoms with Crippen molar-refractivity contribution in [2.45, 2.75) is 83.7 Å². The van der Waals surface area contributed by atoms with E-state index in [0.29, 0.717) is 19.8 Å². The molecule has 2 atom stereocenters. The van der Waals surface area contributed by atoms with Crippen molar-refractivity contribution in [1.82, 2.24) is 19.4 Å². The fourth-order valence-electron chi connectivity index (χ4n) is 4.51. The fraction of sp³-hybridized carbons (Fsp3) is 0.696. The molecule has 2 aromatic rings. The van der Waals surface area contributed by atoms with E-state index >= 15 is 0 Å². The Kier molecular flexibility index (Phi) is 6.81. The standard InChI is InChI=1S/C23H36BrN5O3Si/c1-23(2,3)32-22(30)27-12-16-7-8-17(13-27)29(16)19-11-25-20-18(24)14-28(21(20)26-19)15-31-9-10-33(4,5)6/h11,14,16-17H,7-10,12-13,15H2,1-6H3. The molecule has 0 saturated carbocycles. The van der Waals surface area contributed by atoms with E-state index in [1.165, 1.54) is 0 Å². The first kappa shape index (κ1) is 24.5. The quantitative estimate of drug-likeness (QED) is 0.377. The van der Waals surface area contributed by atoms with Crippen molar-refractivity contribution in [3.05, 3.63) is 16.9 Å². The van der Waals surface area contributed by atoms with E-state index in [2.05, 4.69) is 40.5 Å². The summed E-state index contributed by atoms with van der Waals surface area (Å²) in [6, 6.07) is 1.58. The summed E-state index contributed by atoms with van der Waals surface area (Å²) in [5.41, 5.74) is 1.17. The normalized spacial score (nSPS) is 21.2. The van der Waals surface area contributed by atoms with Gasteiger partial charge < -0.3 is 23.8 Å². The smallest absolute Gasteiger partial charge is 0.410 e. The highest BCUT2D eigenvalue weighted by molar-refractivity contribution is 9.10. The number of amides is 1. The second-order valence-electron chi connectivity index (χ2n) is 11.4. The van der Waals surface area contributed by atoms with Crippen molar-refractivity contribution in [3.63, 3.8) is 0 Å². The molecule has 0 aromatic carbocycles. The van der Waals surface area contributed by atoms with Gasteiger partial charge in [-0.2, -0.15) is 0 Å². The number of hydrogen-bond acceptors (Lipinski definition) is 6. The summed E-state index contributed by atoms with van der Waals surface area (Å²) in [6.07, 6.45) is 5.70. The summed E-state index contributed by atoms with van der Waals surface area (Å²) in [5.74, 6) is 0.868. The number of carbonyl (C=O) groups excluding carboxylic acids is 1. The minimum Gasteiger partial charge on any atom is -0.444 e. The number of likely N-dealkylation sites (tertiary alicyclic amines) is 1. The highest BCUT2D eigenvalue weighted by Crippen LogP contribution is 2.35. The number of piperazine rings is 1. The average Bonchev–Trinajstić information content (AvgIpc) is 3.15. The van der Waals surface area contributed by atoms with Crippen molar-refractivity contribution < 1.29 is 14.3 Å². The van der Waals surface area contributed by atoms with E-state index < -0.39 is 13.7 Å². The third kappa shape index (κ3) is 5.71. The van der Waals surface area contributed by atoms with Crippen LogP contribution in [-0.2, 0) is 16.2 Å². The number of aromatic nitrogens is 3. The van der Waals surface area contributed by atoms with Gasteiger partial charge in [-0.3, -0.25) is 0 Å². The van der Waals surface area contributed by atoms with Gasteiger partial charge in [-0.15, -0.1) is 0 Å². The first-order valence-electron chi connectivity index (χ1n) is 11.8. The van der Waals surface area contributed by atoms with Crippen molar-refractivity contribution >= 4 is 47.1 Å². The monoisotopic (exact) mass is 537 g/mol. The molecule has 4 heterocycles. The van der Waals surface area contributed by atoms with Gasteiger partial charge in [0.25, 0.3) is 0 Å². The topological polar surface area (TPSA) is 72.7 Å². The maximum atomic E-state index is 12.6. The second kappa shape index (κ2) is 9.18. The van der Waals surface area contributed by atoms with Crippen LogP contribution in [0.1, 0.15) is 33.6 Å². The molecule has 8 nitrogen and oxygen atoms in total. The Morgan fingerprint density at radius 3 is 2.48 bits per heavy atom. The summed E-state index contributed by atoms with van der Waals surface area (Å²) in [7, 11) is -1.13. The molecule has 33 heavy (non-hydrogen) atoms. The molecule has 2 aliphatic rings. The lowest BCUT2D eigenvalue weighted by molar-refractivity contribution is 0.0209. The predicted molar refractivity (Wildman–Crippen MR) is 136 cm³/mol. The Bertz CT molecular complexity index is 1000. The number of ether oxygens (including phenoxy) is 2. The van der Waals surface area contributed by atoms with Gasteiger partial charge in [0.05, 0.1) is 10.7 Å². The SMILES string of the molecule is CC(C)(C)OC(=O)N1CC2CCC(C1)N2c1cnc2c(Br)cn(COCC[Si](C)(C)C)c2n1. The number of anilines is 1. The number of rotatable bonds is 6. The highest BCUT2D eigenvalue weighted by Gasteiger charge is 2.43. The van der Waals surface area contributed by atoms with E-state index in [4.69, 9.17) is 19.4 Å². The zero-order valence-corrected chi connectivity index (χ0v) is 23.2. The zero-order chi connectivity index (χ0) is 24.0. The van der Waals surface area contributed by atoms with Gasteiger partial charge in [0, 0.05) is 46.1 Å². The molecule has 4 rings (SSSR count). The zero-order valence-electron chi connectivity index (χ0n) is 20.6. The Morgan fingerprint density at radius 1 is 1.21 bits per heavy atom. The Morgan fingerprint density at radius 2 is 1.88 bits per heavy atom. The van der Waals surface area contributed by atoms with Crippen LogP contribution in [0.3, 0.4) is 0 Å². The molecule has 2 aromatic heterocycles. The predicted octanol–water partition coefficient (Wildman–Crippen LogP) is 5.09. The Hall–Kier alpha value is -1.65. The van der Waals surface area contributed by atoms with Gasteiger partial charge in [0.1, 0.15) is 23.7 Å². The first-order valence-corrected chi connectivity index (χ1v) is 16.3. The summed E-state index contributed by atoms with van der Waals surface area (Å²) >= 11 is 3.62. The van der Waals surface area contributed by atoms with Crippen LogP contribution >= 0.6 is 15.9 Å². The van der Waals surface area contributed by atoms with Crippen LogP contribution in [0.5, 0.6) is 0 Å². The van der Waals surface area contributed by atoms with Gasteiger partial charge in [-0.25, -0.2) is 14.8 Å². The molecule has 2 fully saturated rings. The number of halogens is 1. The molecule has 1 amide bonds. The van der Waals surface area contributed by atoms with E-state index in [9.17, 15) is 4.79 Å². The molecule has 2 bridgehead atoms. The van der Waals surface area contributed by atoms with Crippen LogP contribution in [0, 0.1) is 0 Å². The molecule has 10 heteroatoms. The molecular formula is C23H36BrN5O3Si. The minimum absolute atomic E-state index is 0.225. The molecule has 2 aliphatic heterocycles. The van der Waals surface area contributed by atoms with Crippen molar-refractivity contribution in [1.29, 1.82) is 0 Å². The van der Waals surface area contributed by atoms with Crippen molar-refractivity contribution in [2.75, 3.05) is 24.6 Å². The molecule has 2 unspecified atom stereocenters. The van der Waals surface area contributed by atoms with Crippen LogP contribution in [0.2, 0.25) is 25.7 Å². The van der Waals surface area contributed by atoms with Crippen LogP contribution in [0.4, 0.5) is 10.6 Å². The largest absolute Gasteiger partial charge is 0.444 e. The van der Waals surface area contributed by atoms with Crippen LogP contribution in [0.15, 0.2) is 16.9 Å². The van der Waals surface area contributed by atoms with Crippen LogP contribution in [-0.4, -0.2) is 71.0 Å². The lowest BCUT2D eigenvalue weighted by Gasteiger charge is -2.41. The summed E-state index contributed by atoms with van der Waals surface area (Å²) in [6.45, 7) is 15.3. The number of nitrogens with zero attached hydrogens (tertiary/aromatic N) is 5. The fourth-order valence-corrected chi connectivity index (χ4v) is 5.80. The van der Waals surface area contributed by atoms with Gasteiger partial charge in [0.2, 0.25) is 0 Å². The lowest BCUT2D eigenvalue weighted by Crippen LogP contribution is -2.56. The second-order valence-corrected chi connectivity index (χ2v) is 17.8. The molecule has 0 radical (unpaired) electrons. The van der Waals surface area contributed by atoms with Gasteiger partial charge in [-0.05, 0) is 55.6 Å². The molecule has 182 valence electrons. The third-order valence-electron chi connectivity index (χ3n) is 6.13.